The van der Waals surface area contributed by atoms with E-state index in [2.05, 4.69) is 5.32 Å². The molecule has 4 nitrogen and oxygen atoms in total. The second-order valence-corrected chi connectivity index (χ2v) is 6.78. The molecular formula is C18H17ClN2O2S. The van der Waals surface area contributed by atoms with Crippen LogP contribution in [-0.4, -0.2) is 24.6 Å². The minimum absolute atomic E-state index is 0.0993. The predicted octanol–water partition coefficient (Wildman–Crippen LogP) is 4.44. The molecule has 124 valence electrons. The number of rotatable bonds is 4. The molecule has 0 bridgehead atoms. The molecule has 0 spiro atoms. The van der Waals surface area contributed by atoms with E-state index in [0.717, 1.165) is 17.0 Å². The van der Waals surface area contributed by atoms with Gasteiger partial charge >= 0.3 is 0 Å². The Kier molecular flexibility index (Phi) is 5.11. The molecule has 3 rings (SSSR count). The Hall–Kier alpha value is -1.98. The molecule has 2 amide bonds. The summed E-state index contributed by atoms with van der Waals surface area (Å²) in [7, 11) is 0. The fraction of sp³-hybridized carbons (Fsp3) is 0.222. The normalized spacial score (nSPS) is 14.1. The second-order valence-electron chi connectivity index (χ2n) is 5.50. The van der Waals surface area contributed by atoms with Crippen molar-refractivity contribution in [3.05, 3.63) is 53.1 Å². The molecule has 1 heterocycles. The van der Waals surface area contributed by atoms with Gasteiger partial charge in [0.2, 0.25) is 5.91 Å². The van der Waals surface area contributed by atoms with E-state index in [4.69, 9.17) is 11.6 Å². The highest BCUT2D eigenvalue weighted by molar-refractivity contribution is 7.98. The molecular weight excluding hydrogens is 344 g/mol. The molecule has 2 aromatic carbocycles. The summed E-state index contributed by atoms with van der Waals surface area (Å²) in [5.41, 5.74) is 1.83. The maximum atomic E-state index is 12.4. The summed E-state index contributed by atoms with van der Waals surface area (Å²) < 4.78 is 0. The van der Waals surface area contributed by atoms with Crippen LogP contribution < -0.4 is 10.2 Å². The lowest BCUT2D eigenvalue weighted by Crippen LogP contribution is -2.23. The first kappa shape index (κ1) is 16.9. The van der Waals surface area contributed by atoms with E-state index in [-0.39, 0.29) is 11.8 Å². The summed E-state index contributed by atoms with van der Waals surface area (Å²) in [5.74, 6) is -0.128. The topological polar surface area (TPSA) is 49.4 Å². The van der Waals surface area contributed by atoms with Crippen molar-refractivity contribution in [2.75, 3.05) is 23.0 Å². The Morgan fingerprint density at radius 1 is 1.21 bits per heavy atom. The minimum atomic E-state index is -0.227. The van der Waals surface area contributed by atoms with Crippen molar-refractivity contribution in [3.8, 4) is 0 Å². The van der Waals surface area contributed by atoms with Gasteiger partial charge in [-0.2, -0.15) is 0 Å². The van der Waals surface area contributed by atoms with Gasteiger partial charge < -0.3 is 10.2 Å². The van der Waals surface area contributed by atoms with E-state index in [1.807, 2.05) is 18.4 Å². The number of amides is 2. The van der Waals surface area contributed by atoms with Gasteiger partial charge in [-0.25, -0.2) is 0 Å². The summed E-state index contributed by atoms with van der Waals surface area (Å²) in [4.78, 5) is 27.1. The van der Waals surface area contributed by atoms with Gasteiger partial charge in [0.05, 0.1) is 10.7 Å². The molecule has 0 unspecified atom stereocenters. The third-order valence-electron chi connectivity index (χ3n) is 3.94. The predicted molar refractivity (Wildman–Crippen MR) is 99.2 cm³/mol. The third kappa shape index (κ3) is 3.57. The molecule has 0 atom stereocenters. The zero-order chi connectivity index (χ0) is 17.1. The third-order valence-corrected chi connectivity index (χ3v) is 5.01. The van der Waals surface area contributed by atoms with Crippen LogP contribution >= 0.6 is 23.4 Å². The minimum Gasteiger partial charge on any atom is -0.321 e. The Morgan fingerprint density at radius 2 is 1.96 bits per heavy atom. The summed E-state index contributed by atoms with van der Waals surface area (Å²) in [6, 6.07) is 12.6. The Labute approximate surface area is 150 Å². The zero-order valence-electron chi connectivity index (χ0n) is 13.2. The average Bonchev–Trinajstić information content (AvgIpc) is 3.03. The van der Waals surface area contributed by atoms with Crippen LogP contribution in [0.3, 0.4) is 0 Å². The highest BCUT2D eigenvalue weighted by atomic mass is 35.5. The van der Waals surface area contributed by atoms with Gasteiger partial charge in [0.25, 0.3) is 5.91 Å². The first-order valence-corrected chi connectivity index (χ1v) is 9.24. The fourth-order valence-electron chi connectivity index (χ4n) is 2.63. The quantitative estimate of drug-likeness (QED) is 0.820. The largest absolute Gasteiger partial charge is 0.321 e. The van der Waals surface area contributed by atoms with Gasteiger partial charge in [-0.3, -0.25) is 9.59 Å². The van der Waals surface area contributed by atoms with E-state index in [9.17, 15) is 9.59 Å². The lowest BCUT2D eigenvalue weighted by Gasteiger charge is -2.17. The SMILES string of the molecule is CSc1ccc(C(=O)Nc2cc(N3CCCC3=O)ccc2Cl)cc1. The van der Waals surface area contributed by atoms with Crippen molar-refractivity contribution >= 4 is 46.6 Å². The number of benzene rings is 2. The van der Waals surface area contributed by atoms with Gasteiger partial charge in [0.1, 0.15) is 0 Å². The molecule has 0 radical (unpaired) electrons. The highest BCUT2D eigenvalue weighted by Crippen LogP contribution is 2.30. The smallest absolute Gasteiger partial charge is 0.255 e. The van der Waals surface area contributed by atoms with Crippen molar-refractivity contribution in [2.45, 2.75) is 17.7 Å². The summed E-state index contributed by atoms with van der Waals surface area (Å²) in [6.45, 7) is 0.698. The molecule has 1 saturated heterocycles. The van der Waals surface area contributed by atoms with Crippen LogP contribution in [-0.2, 0) is 4.79 Å². The standard InChI is InChI=1S/C18H17ClN2O2S/c1-24-14-7-4-12(5-8-14)18(23)20-16-11-13(6-9-15(16)19)21-10-2-3-17(21)22/h4-9,11H,2-3,10H2,1H3,(H,20,23). The van der Waals surface area contributed by atoms with Crippen LogP contribution in [0.4, 0.5) is 11.4 Å². The summed E-state index contributed by atoms with van der Waals surface area (Å²) in [5, 5.41) is 3.27. The number of nitrogens with zero attached hydrogens (tertiary/aromatic N) is 1. The number of hydrogen-bond donors (Lipinski definition) is 1. The Morgan fingerprint density at radius 3 is 2.58 bits per heavy atom. The van der Waals surface area contributed by atoms with E-state index in [1.165, 1.54) is 0 Å². The maximum Gasteiger partial charge on any atom is 0.255 e. The first-order valence-electron chi connectivity index (χ1n) is 7.64. The molecule has 1 N–H and O–H groups in total. The number of nitrogens with one attached hydrogen (secondary N) is 1. The number of anilines is 2. The van der Waals surface area contributed by atoms with Crippen molar-refractivity contribution < 1.29 is 9.59 Å². The van der Waals surface area contributed by atoms with Crippen LogP contribution in [0, 0.1) is 0 Å². The van der Waals surface area contributed by atoms with Crippen LogP contribution in [0.2, 0.25) is 5.02 Å². The molecule has 1 aliphatic heterocycles. The van der Waals surface area contributed by atoms with E-state index < -0.39 is 0 Å². The van der Waals surface area contributed by atoms with Crippen LogP contribution in [0.1, 0.15) is 23.2 Å². The van der Waals surface area contributed by atoms with Gasteiger partial charge in [-0.05, 0) is 55.1 Å². The molecule has 6 heteroatoms. The van der Waals surface area contributed by atoms with E-state index in [0.29, 0.717) is 29.2 Å². The molecule has 1 fully saturated rings. The molecule has 24 heavy (non-hydrogen) atoms. The monoisotopic (exact) mass is 360 g/mol. The van der Waals surface area contributed by atoms with Gasteiger partial charge in [0.15, 0.2) is 0 Å². The maximum absolute atomic E-state index is 12.4. The van der Waals surface area contributed by atoms with Gasteiger partial charge in [0, 0.05) is 29.1 Å². The molecule has 0 saturated carbocycles. The molecule has 0 aliphatic carbocycles. The Bertz CT molecular complexity index is 777. The lowest BCUT2D eigenvalue weighted by molar-refractivity contribution is -0.117. The van der Waals surface area contributed by atoms with Crippen molar-refractivity contribution in [1.82, 2.24) is 0 Å². The molecule has 2 aromatic rings. The van der Waals surface area contributed by atoms with Crippen molar-refractivity contribution in [2.24, 2.45) is 0 Å². The number of carbonyl (C=O) groups is 2. The van der Waals surface area contributed by atoms with Crippen LogP contribution in [0.25, 0.3) is 0 Å². The zero-order valence-corrected chi connectivity index (χ0v) is 14.8. The lowest BCUT2D eigenvalue weighted by atomic mass is 10.2. The van der Waals surface area contributed by atoms with Gasteiger partial charge in [-0.15, -0.1) is 11.8 Å². The molecule has 1 aliphatic rings. The number of halogens is 1. The summed E-state index contributed by atoms with van der Waals surface area (Å²) in [6.07, 6.45) is 3.40. The fourth-order valence-corrected chi connectivity index (χ4v) is 3.21. The van der Waals surface area contributed by atoms with Gasteiger partial charge in [-0.1, -0.05) is 11.6 Å². The van der Waals surface area contributed by atoms with E-state index >= 15 is 0 Å². The summed E-state index contributed by atoms with van der Waals surface area (Å²) >= 11 is 7.82. The van der Waals surface area contributed by atoms with Crippen molar-refractivity contribution in [1.29, 1.82) is 0 Å². The Balaban J connectivity index is 1.80. The first-order chi connectivity index (χ1) is 11.6. The number of hydrogen-bond acceptors (Lipinski definition) is 3. The highest BCUT2D eigenvalue weighted by Gasteiger charge is 2.22. The van der Waals surface area contributed by atoms with Crippen LogP contribution in [0.5, 0.6) is 0 Å². The number of thioether (sulfide) groups is 1. The second kappa shape index (κ2) is 7.28. The molecule has 0 aromatic heterocycles. The number of carbonyl (C=O) groups excluding carboxylic acids is 2. The average molecular weight is 361 g/mol. The van der Waals surface area contributed by atoms with Crippen molar-refractivity contribution in [3.63, 3.8) is 0 Å². The van der Waals surface area contributed by atoms with Crippen LogP contribution in [0.15, 0.2) is 47.4 Å². The van der Waals surface area contributed by atoms with E-state index in [1.54, 1.807) is 47.0 Å².